The third kappa shape index (κ3) is 7.99. The van der Waals surface area contributed by atoms with Gasteiger partial charge in [0.2, 0.25) is 0 Å². The Morgan fingerprint density at radius 2 is 1.71 bits per heavy atom. The molecule has 1 aliphatic heterocycles. The fourth-order valence-corrected chi connectivity index (χ4v) is 7.56. The van der Waals surface area contributed by atoms with Crippen LogP contribution in [0.3, 0.4) is 0 Å². The Kier molecular flexibility index (Phi) is 11.3. The molecule has 41 heavy (non-hydrogen) atoms. The average molecular weight is 595 g/mol. The SMILES string of the molecule is C[C@@H]([C@H](O[Si](C)(C)C(C)(C)C)[C@@H](C)O)[C@H]1OC2(CCCCC2)O[C@]1(C)[C@H](OCOCc1ccccc1)[C@H](C)C(=O)O. The summed E-state index contributed by atoms with van der Waals surface area (Å²) in [6.07, 6.45) is 1.76. The largest absolute Gasteiger partial charge is 0.481 e. The van der Waals surface area contributed by atoms with E-state index in [1.807, 2.05) is 44.2 Å². The van der Waals surface area contributed by atoms with Gasteiger partial charge >= 0.3 is 5.97 Å². The van der Waals surface area contributed by atoms with Crippen LogP contribution in [0.5, 0.6) is 0 Å². The third-order valence-corrected chi connectivity index (χ3v) is 14.0. The molecule has 3 rings (SSSR count). The van der Waals surface area contributed by atoms with Gasteiger partial charge in [0.1, 0.15) is 18.5 Å². The molecule has 9 heteroatoms. The van der Waals surface area contributed by atoms with E-state index in [0.717, 1.165) is 37.7 Å². The van der Waals surface area contributed by atoms with Crippen molar-refractivity contribution >= 4 is 14.3 Å². The Balaban J connectivity index is 1.94. The van der Waals surface area contributed by atoms with Gasteiger partial charge in [0.15, 0.2) is 14.1 Å². The Labute approximate surface area is 248 Å². The Morgan fingerprint density at radius 3 is 2.24 bits per heavy atom. The number of benzene rings is 1. The minimum absolute atomic E-state index is 0.0552. The van der Waals surface area contributed by atoms with Crippen molar-refractivity contribution in [3.8, 4) is 0 Å². The topological polar surface area (TPSA) is 104 Å². The van der Waals surface area contributed by atoms with Crippen LogP contribution in [-0.4, -0.2) is 67.1 Å². The van der Waals surface area contributed by atoms with Gasteiger partial charge in [-0.3, -0.25) is 4.79 Å². The average Bonchev–Trinajstić information content (AvgIpc) is 3.18. The molecule has 1 spiro atoms. The van der Waals surface area contributed by atoms with E-state index in [1.165, 1.54) is 0 Å². The lowest BCUT2D eigenvalue weighted by atomic mass is 9.77. The van der Waals surface area contributed by atoms with Crippen LogP contribution in [0.1, 0.15) is 86.1 Å². The summed E-state index contributed by atoms with van der Waals surface area (Å²) >= 11 is 0. The summed E-state index contributed by atoms with van der Waals surface area (Å²) in [5, 5.41) is 21.1. The van der Waals surface area contributed by atoms with Crippen LogP contribution in [0.15, 0.2) is 30.3 Å². The number of aliphatic hydroxyl groups is 1. The van der Waals surface area contributed by atoms with Crippen molar-refractivity contribution < 1.29 is 38.4 Å². The van der Waals surface area contributed by atoms with Gasteiger partial charge in [0.25, 0.3) is 0 Å². The maximum atomic E-state index is 12.4. The van der Waals surface area contributed by atoms with E-state index in [0.29, 0.717) is 6.61 Å². The molecular weight excluding hydrogens is 540 g/mol. The lowest BCUT2D eigenvalue weighted by molar-refractivity contribution is -0.238. The smallest absolute Gasteiger partial charge is 0.308 e. The first kappa shape index (κ1) is 34.2. The summed E-state index contributed by atoms with van der Waals surface area (Å²) in [6.45, 7) is 18.4. The lowest BCUT2D eigenvalue weighted by Crippen LogP contribution is -2.59. The van der Waals surface area contributed by atoms with Crippen molar-refractivity contribution in [2.75, 3.05) is 6.79 Å². The summed E-state index contributed by atoms with van der Waals surface area (Å²) in [5.74, 6) is -3.02. The van der Waals surface area contributed by atoms with Gasteiger partial charge in [-0.25, -0.2) is 0 Å². The normalized spacial score (nSPS) is 26.8. The fraction of sp³-hybridized carbons (Fsp3) is 0.781. The number of carboxylic acid groups (broad SMARTS) is 1. The lowest BCUT2D eigenvalue weighted by Gasteiger charge is -2.45. The predicted molar refractivity (Wildman–Crippen MR) is 161 cm³/mol. The summed E-state index contributed by atoms with van der Waals surface area (Å²) in [5.41, 5.74) is -0.130. The maximum absolute atomic E-state index is 12.4. The molecule has 1 aliphatic carbocycles. The first-order valence-electron chi connectivity index (χ1n) is 15.2. The van der Waals surface area contributed by atoms with Crippen LogP contribution < -0.4 is 0 Å². The van der Waals surface area contributed by atoms with Crippen molar-refractivity contribution in [3.63, 3.8) is 0 Å². The van der Waals surface area contributed by atoms with Crippen molar-refractivity contribution in [1.82, 2.24) is 0 Å². The van der Waals surface area contributed by atoms with Gasteiger partial charge in [0.05, 0.1) is 30.8 Å². The standard InChI is InChI=1S/C32H54O8Si/c1-22(26(24(3)33)39-41(8,9)30(4,5)6)28-31(7,40-32(38-28)18-14-11-15-19-32)27(23(2)29(34)35)37-21-36-20-25-16-12-10-13-17-25/h10,12-13,16-17,22-24,26-28,33H,11,14-15,18-21H2,1-9H3,(H,34,35)/t22-,23-,24+,26-,27+,28+,31+/m0/s1. The number of carbonyl (C=O) groups is 1. The number of aliphatic hydroxyl groups excluding tert-OH is 1. The zero-order valence-electron chi connectivity index (χ0n) is 26.6. The van der Waals surface area contributed by atoms with Gasteiger partial charge in [-0.1, -0.05) is 64.4 Å². The second-order valence-corrected chi connectivity index (χ2v) is 18.7. The van der Waals surface area contributed by atoms with Crippen molar-refractivity contribution in [2.45, 2.75) is 141 Å². The molecule has 234 valence electrons. The molecular formula is C32H54O8Si. The van der Waals surface area contributed by atoms with Crippen molar-refractivity contribution in [2.24, 2.45) is 11.8 Å². The minimum atomic E-state index is -2.27. The molecule has 1 saturated heterocycles. The molecule has 0 bridgehead atoms. The Morgan fingerprint density at radius 1 is 1.10 bits per heavy atom. The second kappa shape index (κ2) is 13.5. The van der Waals surface area contributed by atoms with Crippen molar-refractivity contribution in [1.29, 1.82) is 0 Å². The highest BCUT2D eigenvalue weighted by Gasteiger charge is 2.63. The molecule has 2 aliphatic rings. The van der Waals surface area contributed by atoms with Crippen LogP contribution >= 0.6 is 0 Å². The van der Waals surface area contributed by atoms with Gasteiger partial charge in [-0.15, -0.1) is 0 Å². The summed E-state index contributed by atoms with van der Waals surface area (Å²) < 4.78 is 32.7. The number of rotatable bonds is 13. The zero-order chi connectivity index (χ0) is 30.6. The van der Waals surface area contributed by atoms with Crippen molar-refractivity contribution in [3.05, 3.63) is 35.9 Å². The Bertz CT molecular complexity index is 972. The zero-order valence-corrected chi connectivity index (χ0v) is 27.6. The first-order valence-corrected chi connectivity index (χ1v) is 18.1. The molecule has 0 radical (unpaired) electrons. The number of carboxylic acids is 1. The van der Waals surface area contributed by atoms with Crippen LogP contribution in [0.4, 0.5) is 0 Å². The third-order valence-electron chi connectivity index (χ3n) is 9.49. The van der Waals surface area contributed by atoms with E-state index in [2.05, 4.69) is 33.9 Å². The van der Waals surface area contributed by atoms with E-state index < -0.39 is 56.0 Å². The quantitative estimate of drug-likeness (QED) is 0.151. The number of ether oxygens (including phenoxy) is 4. The molecule has 2 fully saturated rings. The molecule has 0 amide bonds. The second-order valence-electron chi connectivity index (χ2n) is 13.9. The van der Waals surface area contributed by atoms with Crippen LogP contribution in [0.25, 0.3) is 0 Å². The van der Waals surface area contributed by atoms with E-state index >= 15 is 0 Å². The number of aliphatic carboxylic acids is 1. The molecule has 1 aromatic rings. The van der Waals surface area contributed by atoms with Crippen LogP contribution in [0.2, 0.25) is 18.1 Å². The minimum Gasteiger partial charge on any atom is -0.481 e. The number of hydrogen-bond acceptors (Lipinski definition) is 7. The molecule has 0 aromatic heterocycles. The van der Waals surface area contributed by atoms with Crippen LogP contribution in [-0.2, 0) is 34.8 Å². The molecule has 8 nitrogen and oxygen atoms in total. The molecule has 2 N–H and O–H groups in total. The summed E-state index contributed by atoms with van der Waals surface area (Å²) in [6, 6.07) is 9.77. The maximum Gasteiger partial charge on any atom is 0.308 e. The summed E-state index contributed by atoms with van der Waals surface area (Å²) in [4.78, 5) is 12.4. The van der Waals surface area contributed by atoms with Gasteiger partial charge in [-0.2, -0.15) is 0 Å². The van der Waals surface area contributed by atoms with Crippen LogP contribution in [0, 0.1) is 11.8 Å². The fourth-order valence-electron chi connectivity index (χ4n) is 6.12. The van der Waals surface area contributed by atoms with Gasteiger partial charge in [0, 0.05) is 18.8 Å². The molecule has 0 unspecified atom stereocenters. The highest BCUT2D eigenvalue weighted by Crippen LogP contribution is 2.51. The van der Waals surface area contributed by atoms with E-state index in [9.17, 15) is 15.0 Å². The molecule has 1 aromatic carbocycles. The van der Waals surface area contributed by atoms with Gasteiger partial charge < -0.3 is 33.6 Å². The molecule has 1 heterocycles. The van der Waals surface area contributed by atoms with E-state index in [4.69, 9.17) is 23.4 Å². The first-order chi connectivity index (χ1) is 19.0. The monoisotopic (exact) mass is 594 g/mol. The Hall–Kier alpha value is -1.33. The van der Waals surface area contributed by atoms with Gasteiger partial charge in [-0.05, 0) is 57.3 Å². The van der Waals surface area contributed by atoms with E-state index in [-0.39, 0.29) is 17.7 Å². The van der Waals surface area contributed by atoms with E-state index in [1.54, 1.807) is 13.8 Å². The number of hydrogen-bond donors (Lipinski definition) is 2. The predicted octanol–water partition coefficient (Wildman–Crippen LogP) is 6.51. The highest BCUT2D eigenvalue weighted by atomic mass is 28.4. The molecule has 7 atom stereocenters. The molecule has 1 saturated carbocycles. The highest BCUT2D eigenvalue weighted by molar-refractivity contribution is 6.74. The summed E-state index contributed by atoms with van der Waals surface area (Å²) in [7, 11) is -2.27.